The molecule has 6 nitrogen and oxygen atoms in total. The molecule has 0 atom stereocenters. The average molecular weight is 437 g/mol. The molecule has 0 heterocycles. The van der Waals surface area contributed by atoms with Gasteiger partial charge in [-0.1, -0.05) is 36.4 Å². The van der Waals surface area contributed by atoms with E-state index in [1.165, 1.54) is 23.5 Å². The van der Waals surface area contributed by atoms with E-state index in [1.807, 2.05) is 30.3 Å². The van der Waals surface area contributed by atoms with Gasteiger partial charge in [-0.25, -0.2) is 8.42 Å². The summed E-state index contributed by atoms with van der Waals surface area (Å²) in [6.45, 7) is 3.99. The number of nitrogens with one attached hydrogen (secondary N) is 1. The molecule has 31 heavy (non-hydrogen) atoms. The van der Waals surface area contributed by atoms with Crippen molar-refractivity contribution in [2.75, 3.05) is 19.0 Å². The molecule has 0 aromatic heterocycles. The predicted molar refractivity (Wildman–Crippen MR) is 122 cm³/mol. The molecule has 3 aromatic rings. The van der Waals surface area contributed by atoms with Crippen LogP contribution in [0, 0.1) is 0 Å². The smallest absolute Gasteiger partial charge is 0.255 e. The van der Waals surface area contributed by atoms with E-state index in [9.17, 15) is 13.2 Å². The molecule has 0 spiro atoms. The molecule has 0 saturated heterocycles. The van der Waals surface area contributed by atoms with E-state index in [-0.39, 0.29) is 23.9 Å². The maximum atomic E-state index is 13.1. The lowest BCUT2D eigenvalue weighted by Crippen LogP contribution is -2.30. The molecule has 0 aliphatic carbocycles. The van der Waals surface area contributed by atoms with Crippen molar-refractivity contribution in [2.45, 2.75) is 11.4 Å². The number of benzene rings is 3. The van der Waals surface area contributed by atoms with Gasteiger partial charge in [0.25, 0.3) is 5.91 Å². The van der Waals surface area contributed by atoms with Crippen molar-refractivity contribution in [2.24, 2.45) is 0 Å². The largest absolute Gasteiger partial charge is 0.497 e. The van der Waals surface area contributed by atoms with Gasteiger partial charge < -0.3 is 10.1 Å². The first-order valence-electron chi connectivity index (χ1n) is 9.64. The molecule has 7 heteroatoms. The van der Waals surface area contributed by atoms with Gasteiger partial charge in [0.2, 0.25) is 10.0 Å². The topological polar surface area (TPSA) is 75.7 Å². The maximum absolute atomic E-state index is 13.1. The number of methoxy groups -OCH3 is 1. The highest BCUT2D eigenvalue weighted by atomic mass is 32.2. The summed E-state index contributed by atoms with van der Waals surface area (Å²) in [6.07, 6.45) is 1.54. The lowest BCUT2D eigenvalue weighted by Gasteiger charge is -2.21. The number of nitrogens with zero attached hydrogens (tertiary/aromatic N) is 1. The Balaban J connectivity index is 1.75. The normalized spacial score (nSPS) is 11.2. The van der Waals surface area contributed by atoms with Gasteiger partial charge in [-0.15, -0.1) is 6.58 Å². The second-order valence-corrected chi connectivity index (χ2v) is 8.72. The van der Waals surface area contributed by atoms with Gasteiger partial charge in [-0.2, -0.15) is 4.31 Å². The molecular weight excluding hydrogens is 412 g/mol. The van der Waals surface area contributed by atoms with Crippen LogP contribution in [0.1, 0.15) is 15.9 Å². The molecule has 0 aliphatic rings. The number of hydrogen-bond acceptors (Lipinski definition) is 4. The summed E-state index contributed by atoms with van der Waals surface area (Å²) in [5.74, 6) is 0.352. The number of carbonyl (C=O) groups is 1. The van der Waals surface area contributed by atoms with Crippen molar-refractivity contribution in [3.8, 4) is 5.75 Å². The summed E-state index contributed by atoms with van der Waals surface area (Å²) < 4.78 is 32.6. The number of carbonyl (C=O) groups excluding carboxylic acids is 1. The minimum absolute atomic E-state index is 0.154. The Labute approximate surface area is 182 Å². The molecule has 0 fully saturated rings. The van der Waals surface area contributed by atoms with Crippen molar-refractivity contribution in [1.82, 2.24) is 4.31 Å². The standard InChI is InChI=1S/C24H24N2O4S/c1-3-17-26(31(28,29)23-15-13-22(30-2)14-16-23)18-19-9-11-20(12-10-19)24(27)25-21-7-5-4-6-8-21/h3-16H,1,17-18H2,2H3,(H,25,27). The maximum Gasteiger partial charge on any atom is 0.255 e. The molecule has 0 saturated carbocycles. The fourth-order valence-electron chi connectivity index (χ4n) is 2.98. The highest BCUT2D eigenvalue weighted by Gasteiger charge is 2.24. The number of sulfonamides is 1. The lowest BCUT2D eigenvalue weighted by molar-refractivity contribution is 0.102. The van der Waals surface area contributed by atoms with E-state index in [4.69, 9.17) is 4.74 Å². The van der Waals surface area contributed by atoms with E-state index in [0.29, 0.717) is 17.0 Å². The third-order valence-corrected chi connectivity index (χ3v) is 6.46. The van der Waals surface area contributed by atoms with Gasteiger partial charge in [0, 0.05) is 24.3 Å². The third kappa shape index (κ3) is 5.59. The van der Waals surface area contributed by atoms with Gasteiger partial charge in [0.05, 0.1) is 12.0 Å². The Morgan fingerprint density at radius 1 is 1.00 bits per heavy atom. The second kappa shape index (κ2) is 10.1. The summed E-state index contributed by atoms with van der Waals surface area (Å²) in [6, 6.07) is 22.3. The van der Waals surface area contributed by atoms with Crippen LogP contribution in [0.5, 0.6) is 5.75 Å². The van der Waals surface area contributed by atoms with Crippen LogP contribution in [0.2, 0.25) is 0 Å². The van der Waals surface area contributed by atoms with Crippen molar-refractivity contribution in [1.29, 1.82) is 0 Å². The number of para-hydroxylation sites is 1. The average Bonchev–Trinajstić information content (AvgIpc) is 2.80. The predicted octanol–water partition coefficient (Wildman–Crippen LogP) is 4.32. The second-order valence-electron chi connectivity index (χ2n) is 6.78. The minimum Gasteiger partial charge on any atom is -0.497 e. The van der Waals surface area contributed by atoms with Crippen LogP contribution >= 0.6 is 0 Å². The van der Waals surface area contributed by atoms with E-state index in [0.717, 1.165) is 5.56 Å². The number of rotatable bonds is 9. The molecular formula is C24H24N2O4S. The Morgan fingerprint density at radius 3 is 2.23 bits per heavy atom. The first-order chi connectivity index (χ1) is 14.9. The molecule has 0 bridgehead atoms. The van der Waals surface area contributed by atoms with Gasteiger partial charge in [-0.3, -0.25) is 4.79 Å². The summed E-state index contributed by atoms with van der Waals surface area (Å²) in [5.41, 5.74) is 1.95. The first-order valence-corrected chi connectivity index (χ1v) is 11.1. The highest BCUT2D eigenvalue weighted by Crippen LogP contribution is 2.21. The van der Waals surface area contributed by atoms with Crippen LogP contribution in [0.3, 0.4) is 0 Å². The molecule has 1 amide bonds. The summed E-state index contributed by atoms with van der Waals surface area (Å²) in [7, 11) is -2.20. The van der Waals surface area contributed by atoms with Crippen LogP contribution in [0.25, 0.3) is 0 Å². The molecule has 0 radical (unpaired) electrons. The number of hydrogen-bond donors (Lipinski definition) is 1. The highest BCUT2D eigenvalue weighted by molar-refractivity contribution is 7.89. The van der Waals surface area contributed by atoms with Crippen LogP contribution in [0.15, 0.2) is 96.4 Å². The molecule has 160 valence electrons. The van der Waals surface area contributed by atoms with Gasteiger partial charge in [0.1, 0.15) is 5.75 Å². The zero-order valence-corrected chi connectivity index (χ0v) is 18.0. The van der Waals surface area contributed by atoms with E-state index >= 15 is 0 Å². The molecule has 3 aromatic carbocycles. The van der Waals surface area contributed by atoms with Crippen molar-refractivity contribution >= 4 is 21.6 Å². The van der Waals surface area contributed by atoms with E-state index in [1.54, 1.807) is 42.5 Å². The van der Waals surface area contributed by atoms with Crippen molar-refractivity contribution in [3.05, 3.63) is 103 Å². The number of ether oxygens (including phenoxy) is 1. The van der Waals surface area contributed by atoms with E-state index < -0.39 is 10.0 Å². The van der Waals surface area contributed by atoms with Crippen LogP contribution in [-0.4, -0.2) is 32.3 Å². The third-order valence-electron chi connectivity index (χ3n) is 4.64. The Kier molecular flexibility index (Phi) is 7.23. The molecule has 0 aliphatic heterocycles. The lowest BCUT2D eigenvalue weighted by atomic mass is 10.1. The zero-order chi connectivity index (χ0) is 22.3. The Hall–Kier alpha value is -3.42. The van der Waals surface area contributed by atoms with Crippen molar-refractivity contribution < 1.29 is 17.9 Å². The van der Waals surface area contributed by atoms with Gasteiger partial charge in [-0.05, 0) is 54.1 Å². The van der Waals surface area contributed by atoms with Crippen LogP contribution in [0.4, 0.5) is 5.69 Å². The first kappa shape index (κ1) is 22.3. The van der Waals surface area contributed by atoms with E-state index in [2.05, 4.69) is 11.9 Å². The SMILES string of the molecule is C=CCN(Cc1ccc(C(=O)Nc2ccccc2)cc1)S(=O)(=O)c1ccc(OC)cc1. The monoisotopic (exact) mass is 436 g/mol. The van der Waals surface area contributed by atoms with Crippen LogP contribution in [-0.2, 0) is 16.6 Å². The van der Waals surface area contributed by atoms with Gasteiger partial charge in [0.15, 0.2) is 0 Å². The summed E-state index contributed by atoms with van der Waals surface area (Å²) in [4.78, 5) is 12.6. The molecule has 3 rings (SSSR count). The minimum atomic E-state index is -3.73. The zero-order valence-electron chi connectivity index (χ0n) is 17.2. The fraction of sp³-hybridized carbons (Fsp3) is 0.125. The molecule has 1 N–H and O–H groups in total. The quantitative estimate of drug-likeness (QED) is 0.507. The van der Waals surface area contributed by atoms with Crippen molar-refractivity contribution in [3.63, 3.8) is 0 Å². The molecule has 0 unspecified atom stereocenters. The number of anilines is 1. The Morgan fingerprint density at radius 2 is 1.65 bits per heavy atom. The number of amides is 1. The summed E-state index contributed by atoms with van der Waals surface area (Å²) >= 11 is 0. The van der Waals surface area contributed by atoms with Crippen LogP contribution < -0.4 is 10.1 Å². The summed E-state index contributed by atoms with van der Waals surface area (Å²) in [5, 5.41) is 2.83. The fourth-order valence-corrected chi connectivity index (χ4v) is 4.38. The Bertz CT molecular complexity index is 1130. The van der Waals surface area contributed by atoms with Gasteiger partial charge >= 0.3 is 0 Å².